The van der Waals surface area contributed by atoms with Gasteiger partial charge in [-0.3, -0.25) is 9.59 Å². The molecule has 0 aromatic heterocycles. The van der Waals surface area contributed by atoms with Crippen LogP contribution in [0.4, 0.5) is 0 Å². The van der Waals surface area contributed by atoms with E-state index < -0.39 is 18.3 Å². The van der Waals surface area contributed by atoms with Crippen molar-refractivity contribution in [1.29, 1.82) is 0 Å². The second kappa shape index (κ2) is 3.91. The smallest absolute Gasteiger partial charge is 0.199 e. The Labute approximate surface area is 101 Å². The van der Waals surface area contributed by atoms with Gasteiger partial charge in [0.2, 0.25) is 0 Å². The first kappa shape index (κ1) is 11.7. The van der Waals surface area contributed by atoms with E-state index in [4.69, 9.17) is 4.74 Å². The molecule has 1 aliphatic heterocycles. The Balaban J connectivity index is 2.56. The van der Waals surface area contributed by atoms with Crippen LogP contribution in [-0.4, -0.2) is 35.0 Å². The minimum atomic E-state index is -1.03. The van der Waals surface area contributed by atoms with Gasteiger partial charge in [0.15, 0.2) is 11.6 Å². The van der Waals surface area contributed by atoms with E-state index in [0.717, 1.165) is 0 Å². The molecule has 86 valence electrons. The van der Waals surface area contributed by atoms with Crippen LogP contribution in [0.15, 0.2) is 21.7 Å². The second-order valence-corrected chi connectivity index (χ2v) is 4.80. The molecular weight excluding hydrogens is 276 g/mol. The summed E-state index contributed by atoms with van der Waals surface area (Å²) >= 11 is 3.04. The topological polar surface area (TPSA) is 63.6 Å². The minimum Gasteiger partial charge on any atom is -0.386 e. The van der Waals surface area contributed by atoms with Crippen molar-refractivity contribution in [2.24, 2.45) is 0 Å². The van der Waals surface area contributed by atoms with Crippen molar-refractivity contribution in [3.63, 3.8) is 0 Å². The van der Waals surface area contributed by atoms with Crippen molar-refractivity contribution in [2.45, 2.75) is 32.2 Å². The third kappa shape index (κ3) is 1.59. The van der Waals surface area contributed by atoms with Crippen LogP contribution >= 0.6 is 15.9 Å². The molecule has 0 fully saturated rings. The lowest BCUT2D eigenvalue weighted by Crippen LogP contribution is -2.44. The van der Waals surface area contributed by atoms with Gasteiger partial charge in [-0.05, 0) is 29.8 Å². The number of Topliss-reactive ketones (excluding diaryl/α,β-unsaturated/α-hetero) is 1. The molecule has 0 amide bonds. The zero-order valence-electron chi connectivity index (χ0n) is 8.86. The number of halogens is 1. The zero-order valence-corrected chi connectivity index (χ0v) is 10.4. The summed E-state index contributed by atoms with van der Waals surface area (Å²) < 4.78 is 5.62. The number of carbonyl (C=O) groups excluding carboxylic acids is 2. The average Bonchev–Trinajstić information content (AvgIpc) is 2.20. The van der Waals surface area contributed by atoms with Crippen molar-refractivity contribution in [3.05, 3.63) is 21.7 Å². The van der Waals surface area contributed by atoms with Crippen molar-refractivity contribution < 1.29 is 19.4 Å². The quantitative estimate of drug-likeness (QED) is 0.672. The molecule has 1 heterocycles. The fraction of sp³-hybridized carbons (Fsp3) is 0.455. The summed E-state index contributed by atoms with van der Waals surface area (Å²) in [5.74, 6) is -0.607. The van der Waals surface area contributed by atoms with Crippen LogP contribution < -0.4 is 0 Å². The molecule has 0 unspecified atom stereocenters. The first-order chi connectivity index (χ1) is 7.43. The largest absolute Gasteiger partial charge is 0.386 e. The van der Waals surface area contributed by atoms with E-state index in [1.807, 2.05) is 0 Å². The van der Waals surface area contributed by atoms with Gasteiger partial charge in [0.05, 0.1) is 16.7 Å². The molecule has 0 bridgehead atoms. The molecule has 3 atom stereocenters. The maximum Gasteiger partial charge on any atom is 0.199 e. The molecule has 2 aliphatic rings. The van der Waals surface area contributed by atoms with Gasteiger partial charge in [-0.2, -0.15) is 0 Å². The number of allylic oxidation sites excluding steroid dienone is 2. The Morgan fingerprint density at radius 1 is 1.31 bits per heavy atom. The maximum absolute atomic E-state index is 11.9. The standard InChI is InChI=1S/C11H11BrO4/c1-4-8-9(10(14)5(2)16-4)7(13)3-6(12)11(8)15/h3-5,10,14H,1-2H3/t4-,5+,10-/m0/s1. The monoisotopic (exact) mass is 286 g/mol. The molecule has 16 heavy (non-hydrogen) atoms. The predicted molar refractivity (Wildman–Crippen MR) is 60.1 cm³/mol. The number of aliphatic hydroxyl groups excluding tert-OH is 1. The number of carbonyl (C=O) groups is 2. The molecule has 0 saturated heterocycles. The van der Waals surface area contributed by atoms with E-state index in [2.05, 4.69) is 15.9 Å². The van der Waals surface area contributed by atoms with Gasteiger partial charge in [0.25, 0.3) is 0 Å². The third-order valence-electron chi connectivity index (χ3n) is 2.84. The van der Waals surface area contributed by atoms with Gasteiger partial charge in [0.1, 0.15) is 6.10 Å². The Morgan fingerprint density at radius 2 is 1.94 bits per heavy atom. The first-order valence-corrected chi connectivity index (χ1v) is 5.76. The van der Waals surface area contributed by atoms with Crippen LogP contribution in [0, 0.1) is 0 Å². The fourth-order valence-corrected chi connectivity index (χ4v) is 2.47. The molecule has 0 spiro atoms. The van der Waals surface area contributed by atoms with E-state index in [-0.39, 0.29) is 27.2 Å². The lowest BCUT2D eigenvalue weighted by atomic mass is 9.84. The SMILES string of the molecule is C[C@@H]1O[C@H](C)[C@H](O)C2=C1C(=O)C(Br)=CC2=O. The van der Waals surface area contributed by atoms with Crippen LogP contribution in [0.1, 0.15) is 13.8 Å². The molecule has 0 aromatic rings. The molecule has 1 aliphatic carbocycles. The molecular formula is C11H11BrO4. The van der Waals surface area contributed by atoms with E-state index in [9.17, 15) is 14.7 Å². The molecule has 0 radical (unpaired) electrons. The van der Waals surface area contributed by atoms with E-state index in [1.54, 1.807) is 13.8 Å². The third-order valence-corrected chi connectivity index (χ3v) is 3.43. The highest BCUT2D eigenvalue weighted by molar-refractivity contribution is 9.12. The summed E-state index contributed by atoms with van der Waals surface area (Å²) in [5, 5.41) is 9.86. The van der Waals surface area contributed by atoms with Crippen LogP contribution in [0.3, 0.4) is 0 Å². The Bertz CT molecular complexity index is 435. The molecule has 2 rings (SSSR count). The van der Waals surface area contributed by atoms with Gasteiger partial charge in [-0.15, -0.1) is 0 Å². The first-order valence-electron chi connectivity index (χ1n) is 4.97. The Morgan fingerprint density at radius 3 is 2.56 bits per heavy atom. The van der Waals surface area contributed by atoms with Crippen LogP contribution in [-0.2, 0) is 14.3 Å². The van der Waals surface area contributed by atoms with Gasteiger partial charge in [-0.25, -0.2) is 0 Å². The van der Waals surface area contributed by atoms with E-state index >= 15 is 0 Å². The summed E-state index contributed by atoms with van der Waals surface area (Å²) in [4.78, 5) is 23.6. The van der Waals surface area contributed by atoms with Gasteiger partial charge in [-0.1, -0.05) is 0 Å². The molecule has 1 N–H and O–H groups in total. The van der Waals surface area contributed by atoms with Gasteiger partial charge >= 0.3 is 0 Å². The summed E-state index contributed by atoms with van der Waals surface area (Å²) in [6.45, 7) is 3.38. The highest BCUT2D eigenvalue weighted by Crippen LogP contribution is 2.33. The second-order valence-electron chi connectivity index (χ2n) is 3.94. The molecule has 0 saturated carbocycles. The Hall–Kier alpha value is -0.780. The fourth-order valence-electron chi connectivity index (χ4n) is 2.05. The molecule has 5 heteroatoms. The number of aliphatic hydroxyl groups is 1. The van der Waals surface area contributed by atoms with Crippen LogP contribution in [0.25, 0.3) is 0 Å². The molecule has 0 aromatic carbocycles. The molecule has 4 nitrogen and oxygen atoms in total. The summed E-state index contributed by atoms with van der Waals surface area (Å²) in [6.07, 6.45) is -0.767. The Kier molecular flexibility index (Phi) is 2.86. The average molecular weight is 287 g/mol. The summed E-state index contributed by atoms with van der Waals surface area (Å²) in [7, 11) is 0. The highest BCUT2D eigenvalue weighted by Gasteiger charge is 2.41. The predicted octanol–water partition coefficient (Wildman–Crippen LogP) is 0.882. The zero-order chi connectivity index (χ0) is 12.0. The number of rotatable bonds is 0. The minimum absolute atomic E-state index is 0.180. The maximum atomic E-state index is 11.9. The van der Waals surface area contributed by atoms with Crippen molar-refractivity contribution in [3.8, 4) is 0 Å². The summed E-state index contributed by atoms with van der Waals surface area (Å²) in [5.41, 5.74) is 0.449. The lowest BCUT2D eigenvalue weighted by molar-refractivity contribution is -0.122. The van der Waals surface area contributed by atoms with Gasteiger partial charge < -0.3 is 9.84 Å². The number of ether oxygens (including phenoxy) is 1. The highest BCUT2D eigenvalue weighted by atomic mass is 79.9. The number of hydrogen-bond donors (Lipinski definition) is 1. The van der Waals surface area contributed by atoms with Crippen molar-refractivity contribution in [1.82, 2.24) is 0 Å². The van der Waals surface area contributed by atoms with Crippen LogP contribution in [0.2, 0.25) is 0 Å². The van der Waals surface area contributed by atoms with E-state index in [0.29, 0.717) is 0 Å². The van der Waals surface area contributed by atoms with Gasteiger partial charge in [0, 0.05) is 17.2 Å². The summed E-state index contributed by atoms with van der Waals surface area (Å²) in [6, 6.07) is 0. The van der Waals surface area contributed by atoms with E-state index in [1.165, 1.54) is 6.08 Å². The van der Waals surface area contributed by atoms with Crippen LogP contribution in [0.5, 0.6) is 0 Å². The lowest BCUT2D eigenvalue weighted by Gasteiger charge is -2.34. The van der Waals surface area contributed by atoms with Crippen molar-refractivity contribution >= 4 is 27.5 Å². The number of ketones is 2. The normalized spacial score (nSPS) is 35.0. The van der Waals surface area contributed by atoms with Crippen molar-refractivity contribution in [2.75, 3.05) is 0 Å². The number of hydrogen-bond acceptors (Lipinski definition) is 4.